The molecule has 0 radical (unpaired) electrons. The molecular weight excluding hydrogens is 260 g/mol. The van der Waals surface area contributed by atoms with Crippen molar-refractivity contribution in [3.05, 3.63) is 35.9 Å². The summed E-state index contributed by atoms with van der Waals surface area (Å²) in [6.45, 7) is 4.61. The smallest absolute Gasteiger partial charge is 0.0654 e. The fourth-order valence-electron chi connectivity index (χ4n) is 2.49. The lowest BCUT2D eigenvalue weighted by molar-refractivity contribution is 0.626. The molecule has 1 heteroatoms. The third-order valence-electron chi connectivity index (χ3n) is 3.79. The molecule has 0 aliphatic carbocycles. The topological polar surface area (TPSA) is 0 Å². The highest BCUT2D eigenvalue weighted by Crippen LogP contribution is 2.14. The van der Waals surface area contributed by atoms with Crippen molar-refractivity contribution in [3.8, 4) is 0 Å². The molecule has 0 spiro atoms. The Kier molecular flexibility index (Phi) is 10.9. The molecule has 0 nitrogen and oxygen atoms in total. The minimum absolute atomic E-state index is 0.617. The fraction of sp³-hybridized carbons (Fsp3) is 0.684. The SMILES string of the molecule is CCCCCCCC[S+](CCCC)Cc1ccccc1. The monoisotopic (exact) mass is 293 g/mol. The summed E-state index contributed by atoms with van der Waals surface area (Å²) >= 11 is 0. The van der Waals surface area contributed by atoms with Gasteiger partial charge in [-0.3, -0.25) is 0 Å². The standard InChI is InChI=1S/C19H33S/c1-3-5-7-8-9-13-17-20(16-6-4-2)18-19-14-11-10-12-15-19/h10-12,14-15H,3-9,13,16-18H2,1-2H3/q+1. The van der Waals surface area contributed by atoms with Crippen LogP contribution in [0.15, 0.2) is 30.3 Å². The fourth-order valence-corrected chi connectivity index (χ4v) is 4.96. The second-order valence-corrected chi connectivity index (χ2v) is 8.10. The van der Waals surface area contributed by atoms with Gasteiger partial charge in [-0.25, -0.2) is 0 Å². The molecule has 0 N–H and O–H groups in total. The molecule has 1 aromatic carbocycles. The Bertz CT molecular complexity index is 307. The largest absolute Gasteiger partial charge is 0.133 e. The van der Waals surface area contributed by atoms with Crippen molar-refractivity contribution in [2.75, 3.05) is 11.5 Å². The van der Waals surface area contributed by atoms with Crippen molar-refractivity contribution in [2.45, 2.75) is 71.0 Å². The van der Waals surface area contributed by atoms with Crippen molar-refractivity contribution >= 4 is 10.9 Å². The Hall–Kier alpha value is -0.430. The predicted octanol–water partition coefficient (Wildman–Crippen LogP) is 5.97. The summed E-state index contributed by atoms with van der Waals surface area (Å²) in [5.41, 5.74) is 1.54. The lowest BCUT2D eigenvalue weighted by atomic mass is 10.1. The van der Waals surface area contributed by atoms with Gasteiger partial charge in [-0.1, -0.05) is 76.3 Å². The molecule has 0 fully saturated rings. The minimum Gasteiger partial charge on any atom is -0.0654 e. The quantitative estimate of drug-likeness (QED) is 0.329. The van der Waals surface area contributed by atoms with Crippen molar-refractivity contribution in [1.82, 2.24) is 0 Å². The molecule has 0 amide bonds. The van der Waals surface area contributed by atoms with Crippen LogP contribution in [0.2, 0.25) is 0 Å². The zero-order chi connectivity index (χ0) is 14.5. The normalized spacial score (nSPS) is 12.5. The zero-order valence-electron chi connectivity index (χ0n) is 13.6. The molecule has 0 bridgehead atoms. The van der Waals surface area contributed by atoms with E-state index >= 15 is 0 Å². The molecule has 114 valence electrons. The Labute approximate surface area is 129 Å². The second-order valence-electron chi connectivity index (χ2n) is 5.77. The van der Waals surface area contributed by atoms with Crippen molar-refractivity contribution in [1.29, 1.82) is 0 Å². The first-order valence-corrected chi connectivity index (χ1v) is 10.3. The van der Waals surface area contributed by atoms with Gasteiger partial charge in [-0.15, -0.1) is 0 Å². The third-order valence-corrected chi connectivity index (χ3v) is 6.26. The van der Waals surface area contributed by atoms with Crippen LogP contribution in [0.3, 0.4) is 0 Å². The van der Waals surface area contributed by atoms with E-state index in [0.717, 1.165) is 0 Å². The Morgan fingerprint density at radius 2 is 1.30 bits per heavy atom. The first-order chi connectivity index (χ1) is 9.86. The molecule has 1 aromatic rings. The summed E-state index contributed by atoms with van der Waals surface area (Å²) in [6.07, 6.45) is 11.3. The van der Waals surface area contributed by atoms with Crippen molar-refractivity contribution < 1.29 is 0 Å². The molecule has 0 saturated carbocycles. The van der Waals surface area contributed by atoms with Gasteiger partial charge in [-0.2, -0.15) is 0 Å². The minimum atomic E-state index is 0.617. The summed E-state index contributed by atoms with van der Waals surface area (Å²) < 4.78 is 0. The van der Waals surface area contributed by atoms with Crippen LogP contribution in [0.4, 0.5) is 0 Å². The third kappa shape index (κ3) is 8.68. The van der Waals surface area contributed by atoms with Crippen LogP contribution < -0.4 is 0 Å². The van der Waals surface area contributed by atoms with Crippen molar-refractivity contribution in [2.24, 2.45) is 0 Å². The van der Waals surface area contributed by atoms with Gasteiger partial charge in [0.15, 0.2) is 0 Å². The van der Waals surface area contributed by atoms with Crippen LogP contribution in [0.1, 0.15) is 70.8 Å². The number of unbranched alkanes of at least 4 members (excludes halogenated alkanes) is 6. The zero-order valence-corrected chi connectivity index (χ0v) is 14.4. The van der Waals surface area contributed by atoms with Crippen molar-refractivity contribution in [3.63, 3.8) is 0 Å². The number of rotatable bonds is 12. The molecular formula is C19H33S+. The summed E-state index contributed by atoms with van der Waals surface area (Å²) in [7, 11) is 0.617. The van der Waals surface area contributed by atoms with Gasteiger partial charge in [0.2, 0.25) is 0 Å². The molecule has 0 aliphatic rings. The van der Waals surface area contributed by atoms with Crippen LogP contribution in [0, 0.1) is 0 Å². The van der Waals surface area contributed by atoms with Crippen LogP contribution in [0.25, 0.3) is 0 Å². The Morgan fingerprint density at radius 1 is 0.700 bits per heavy atom. The maximum absolute atomic E-state index is 2.31. The van der Waals surface area contributed by atoms with Crippen LogP contribution in [0.5, 0.6) is 0 Å². The average Bonchev–Trinajstić information content (AvgIpc) is 2.49. The van der Waals surface area contributed by atoms with Gasteiger partial charge in [0.25, 0.3) is 0 Å². The van der Waals surface area contributed by atoms with E-state index in [1.54, 1.807) is 0 Å². The van der Waals surface area contributed by atoms with E-state index in [0.29, 0.717) is 10.9 Å². The number of hydrogen-bond donors (Lipinski definition) is 0. The summed E-state index contributed by atoms with van der Waals surface area (Å²) in [4.78, 5) is 0. The molecule has 0 aliphatic heterocycles. The first-order valence-electron chi connectivity index (χ1n) is 8.54. The molecule has 20 heavy (non-hydrogen) atoms. The van der Waals surface area contributed by atoms with E-state index in [2.05, 4.69) is 44.2 Å². The number of hydrogen-bond acceptors (Lipinski definition) is 0. The van der Waals surface area contributed by atoms with Gasteiger partial charge in [0.1, 0.15) is 17.3 Å². The summed E-state index contributed by atoms with van der Waals surface area (Å²) in [6, 6.07) is 11.1. The highest BCUT2D eigenvalue weighted by Gasteiger charge is 2.17. The maximum Gasteiger partial charge on any atom is 0.133 e. The van der Waals surface area contributed by atoms with Crippen LogP contribution in [-0.2, 0) is 16.6 Å². The highest BCUT2D eigenvalue weighted by atomic mass is 32.2. The van der Waals surface area contributed by atoms with Gasteiger partial charge in [0, 0.05) is 5.56 Å². The van der Waals surface area contributed by atoms with E-state index in [4.69, 9.17) is 0 Å². The van der Waals surface area contributed by atoms with E-state index in [-0.39, 0.29) is 0 Å². The van der Waals surface area contributed by atoms with E-state index in [1.807, 2.05) is 0 Å². The maximum atomic E-state index is 2.31. The van der Waals surface area contributed by atoms with Gasteiger partial charge in [-0.05, 0) is 30.2 Å². The molecule has 1 atom stereocenters. The van der Waals surface area contributed by atoms with Gasteiger partial charge < -0.3 is 0 Å². The molecule has 0 saturated heterocycles. The molecule has 0 heterocycles. The predicted molar refractivity (Wildman–Crippen MR) is 95.5 cm³/mol. The Balaban J connectivity index is 2.25. The lowest BCUT2D eigenvalue weighted by Gasteiger charge is -2.09. The van der Waals surface area contributed by atoms with E-state index < -0.39 is 0 Å². The van der Waals surface area contributed by atoms with Gasteiger partial charge >= 0.3 is 0 Å². The first kappa shape index (κ1) is 17.6. The second kappa shape index (κ2) is 12.3. The molecule has 1 rings (SSSR count). The van der Waals surface area contributed by atoms with Crippen LogP contribution in [-0.4, -0.2) is 11.5 Å². The summed E-state index contributed by atoms with van der Waals surface area (Å²) in [5.74, 6) is 4.22. The average molecular weight is 294 g/mol. The number of benzene rings is 1. The highest BCUT2D eigenvalue weighted by molar-refractivity contribution is 7.96. The summed E-state index contributed by atoms with van der Waals surface area (Å²) in [5, 5.41) is 0. The van der Waals surface area contributed by atoms with Crippen LogP contribution >= 0.6 is 0 Å². The van der Waals surface area contributed by atoms with E-state index in [9.17, 15) is 0 Å². The Morgan fingerprint density at radius 3 is 2.00 bits per heavy atom. The molecule has 1 unspecified atom stereocenters. The molecule has 0 aromatic heterocycles. The lowest BCUT2D eigenvalue weighted by Crippen LogP contribution is -2.15. The van der Waals surface area contributed by atoms with E-state index in [1.165, 1.54) is 74.2 Å². The van der Waals surface area contributed by atoms with Gasteiger partial charge in [0.05, 0.1) is 0 Å².